The molecule has 1 saturated heterocycles. The Bertz CT molecular complexity index is 534. The van der Waals surface area contributed by atoms with Crippen molar-refractivity contribution in [1.29, 1.82) is 0 Å². The van der Waals surface area contributed by atoms with E-state index < -0.39 is 5.60 Å². The molecule has 0 amide bonds. The van der Waals surface area contributed by atoms with Gasteiger partial charge in [-0.2, -0.15) is 0 Å². The highest BCUT2D eigenvalue weighted by atomic mass is 16.6. The molecule has 23 heavy (non-hydrogen) atoms. The zero-order chi connectivity index (χ0) is 16.9. The molecule has 0 bridgehead atoms. The second-order valence-electron chi connectivity index (χ2n) is 6.72. The second-order valence-corrected chi connectivity index (χ2v) is 6.72. The molecule has 0 atom stereocenters. The van der Waals surface area contributed by atoms with Gasteiger partial charge < -0.3 is 20.3 Å². The molecule has 0 aliphatic carbocycles. The van der Waals surface area contributed by atoms with Crippen molar-refractivity contribution in [3.8, 4) is 0 Å². The average molecular weight is 320 g/mol. The monoisotopic (exact) mass is 320 g/mol. The van der Waals surface area contributed by atoms with Gasteiger partial charge in [0.1, 0.15) is 5.60 Å². The highest BCUT2D eigenvalue weighted by molar-refractivity contribution is 5.98. The number of rotatable bonds is 5. The molecule has 6 heteroatoms. The lowest BCUT2D eigenvalue weighted by Gasteiger charge is -2.31. The zero-order valence-corrected chi connectivity index (χ0v) is 14.6. The van der Waals surface area contributed by atoms with Crippen molar-refractivity contribution in [2.24, 2.45) is 0 Å². The van der Waals surface area contributed by atoms with Crippen LogP contribution in [0.5, 0.6) is 0 Å². The summed E-state index contributed by atoms with van der Waals surface area (Å²) in [5.41, 5.74) is 0.819. The van der Waals surface area contributed by atoms with Crippen molar-refractivity contribution in [3.05, 3.63) is 17.8 Å². The number of carbonyl (C=O) groups is 1. The van der Waals surface area contributed by atoms with E-state index in [9.17, 15) is 4.79 Å². The number of hydrogen-bond donors (Lipinski definition) is 2. The van der Waals surface area contributed by atoms with Crippen LogP contribution in [0.25, 0.3) is 0 Å². The minimum absolute atomic E-state index is 0.310. The largest absolute Gasteiger partial charge is 0.456 e. The van der Waals surface area contributed by atoms with Crippen LogP contribution in [0.3, 0.4) is 0 Å². The van der Waals surface area contributed by atoms with Crippen LogP contribution in [0.2, 0.25) is 0 Å². The number of ether oxygens (including phenoxy) is 1. The topological polar surface area (TPSA) is 66.5 Å². The second kappa shape index (κ2) is 7.64. The van der Waals surface area contributed by atoms with Crippen LogP contribution in [0, 0.1) is 0 Å². The molecule has 1 aromatic rings. The quantitative estimate of drug-likeness (QED) is 0.811. The van der Waals surface area contributed by atoms with E-state index in [-0.39, 0.29) is 5.97 Å². The third kappa shape index (κ3) is 4.82. The minimum atomic E-state index is -0.516. The molecule has 1 aliphatic rings. The minimum Gasteiger partial charge on any atom is -0.456 e. The predicted molar refractivity (Wildman–Crippen MR) is 93.3 cm³/mol. The summed E-state index contributed by atoms with van der Waals surface area (Å²) in [6.07, 6.45) is 2.66. The molecule has 2 rings (SSSR count). The number of nitrogens with zero attached hydrogens (tertiary/aromatic N) is 2. The van der Waals surface area contributed by atoms with Gasteiger partial charge in [0, 0.05) is 38.9 Å². The third-order valence-electron chi connectivity index (χ3n) is 3.52. The number of carbonyl (C=O) groups excluding carboxylic acids is 1. The molecule has 6 nitrogen and oxygen atoms in total. The van der Waals surface area contributed by atoms with Gasteiger partial charge in [-0.05, 0) is 33.3 Å². The van der Waals surface area contributed by atoms with Crippen molar-refractivity contribution in [2.45, 2.75) is 39.7 Å². The van der Waals surface area contributed by atoms with Crippen molar-refractivity contribution in [2.75, 3.05) is 42.9 Å². The van der Waals surface area contributed by atoms with E-state index in [1.807, 2.05) is 20.8 Å². The number of esters is 1. The number of hydrogen-bond acceptors (Lipinski definition) is 6. The standard InChI is InChI=1S/C17H28N4O2/c1-5-7-19-14-13(16(22)23-17(2,3)4)6-8-20-15(14)21-11-9-18-10-12-21/h6,8,18-19H,5,7,9-12H2,1-4H3. The van der Waals surface area contributed by atoms with E-state index in [1.165, 1.54) is 0 Å². The average Bonchev–Trinajstić information content (AvgIpc) is 2.51. The summed E-state index contributed by atoms with van der Waals surface area (Å²) in [6, 6.07) is 1.73. The number of nitrogens with one attached hydrogen (secondary N) is 2. The number of aromatic nitrogens is 1. The van der Waals surface area contributed by atoms with Crippen molar-refractivity contribution in [1.82, 2.24) is 10.3 Å². The summed E-state index contributed by atoms with van der Waals surface area (Å²) in [6.45, 7) is 12.1. The molecule has 0 aromatic carbocycles. The lowest BCUT2D eigenvalue weighted by Crippen LogP contribution is -2.44. The summed E-state index contributed by atoms with van der Waals surface area (Å²) in [4.78, 5) is 19.3. The summed E-state index contributed by atoms with van der Waals surface area (Å²) < 4.78 is 5.55. The Kier molecular flexibility index (Phi) is 5.82. The Hall–Kier alpha value is -1.82. The van der Waals surface area contributed by atoms with Gasteiger partial charge in [-0.15, -0.1) is 0 Å². The van der Waals surface area contributed by atoms with E-state index in [0.717, 1.165) is 50.6 Å². The van der Waals surface area contributed by atoms with E-state index in [2.05, 4.69) is 27.4 Å². The Balaban J connectivity index is 2.34. The zero-order valence-electron chi connectivity index (χ0n) is 14.6. The van der Waals surface area contributed by atoms with Crippen LogP contribution in [0.4, 0.5) is 11.5 Å². The Labute approximate surface area is 138 Å². The highest BCUT2D eigenvalue weighted by Gasteiger charge is 2.24. The van der Waals surface area contributed by atoms with Crippen LogP contribution in [0.1, 0.15) is 44.5 Å². The van der Waals surface area contributed by atoms with Crippen LogP contribution in [-0.2, 0) is 4.74 Å². The van der Waals surface area contributed by atoms with Gasteiger partial charge in [0.15, 0.2) is 5.82 Å². The molecule has 2 heterocycles. The van der Waals surface area contributed by atoms with Gasteiger partial charge in [-0.1, -0.05) is 6.92 Å². The van der Waals surface area contributed by atoms with E-state index >= 15 is 0 Å². The first kappa shape index (κ1) is 17.5. The molecule has 0 unspecified atom stereocenters. The van der Waals surface area contributed by atoms with E-state index in [1.54, 1.807) is 12.3 Å². The lowest BCUT2D eigenvalue weighted by molar-refractivity contribution is 0.00706. The number of pyridine rings is 1. The van der Waals surface area contributed by atoms with Crippen LogP contribution in [0.15, 0.2) is 12.3 Å². The first-order valence-corrected chi connectivity index (χ1v) is 8.34. The van der Waals surface area contributed by atoms with Gasteiger partial charge in [-0.3, -0.25) is 0 Å². The predicted octanol–water partition coefficient (Wildman–Crippen LogP) is 2.27. The molecule has 1 fully saturated rings. The molecule has 1 aromatic heterocycles. The fourth-order valence-electron chi connectivity index (χ4n) is 2.49. The maximum absolute atomic E-state index is 12.6. The Morgan fingerprint density at radius 3 is 2.70 bits per heavy atom. The van der Waals surface area contributed by atoms with E-state index in [4.69, 9.17) is 4.74 Å². The van der Waals surface area contributed by atoms with Crippen molar-refractivity contribution < 1.29 is 9.53 Å². The van der Waals surface area contributed by atoms with Gasteiger partial charge in [0.05, 0.1) is 11.3 Å². The summed E-state index contributed by atoms with van der Waals surface area (Å²) in [5, 5.41) is 6.70. The molecule has 0 saturated carbocycles. The fraction of sp³-hybridized carbons (Fsp3) is 0.647. The molecular weight excluding hydrogens is 292 g/mol. The SMILES string of the molecule is CCCNc1c(C(=O)OC(C)(C)C)ccnc1N1CCNCC1. The molecular formula is C17H28N4O2. The summed E-state index contributed by atoms with van der Waals surface area (Å²) in [7, 11) is 0. The van der Waals surface area contributed by atoms with Gasteiger partial charge in [0.25, 0.3) is 0 Å². The van der Waals surface area contributed by atoms with Crippen LogP contribution >= 0.6 is 0 Å². The van der Waals surface area contributed by atoms with Gasteiger partial charge in [-0.25, -0.2) is 9.78 Å². The Morgan fingerprint density at radius 2 is 2.09 bits per heavy atom. The van der Waals surface area contributed by atoms with Gasteiger partial charge >= 0.3 is 5.97 Å². The first-order valence-electron chi connectivity index (χ1n) is 8.34. The van der Waals surface area contributed by atoms with E-state index in [0.29, 0.717) is 5.56 Å². The van der Waals surface area contributed by atoms with Gasteiger partial charge in [0.2, 0.25) is 0 Å². The normalized spacial score (nSPS) is 15.4. The van der Waals surface area contributed by atoms with Crippen LogP contribution < -0.4 is 15.5 Å². The van der Waals surface area contributed by atoms with Crippen molar-refractivity contribution in [3.63, 3.8) is 0 Å². The number of piperazine rings is 1. The first-order chi connectivity index (χ1) is 10.9. The van der Waals surface area contributed by atoms with Crippen LogP contribution in [-0.4, -0.2) is 49.3 Å². The maximum atomic E-state index is 12.6. The smallest absolute Gasteiger partial charge is 0.340 e. The molecule has 0 spiro atoms. The maximum Gasteiger partial charge on any atom is 0.340 e. The molecule has 2 N–H and O–H groups in total. The molecule has 0 radical (unpaired) electrons. The van der Waals surface area contributed by atoms with Crippen molar-refractivity contribution >= 4 is 17.5 Å². The lowest BCUT2D eigenvalue weighted by atomic mass is 10.1. The number of anilines is 2. The fourth-order valence-corrected chi connectivity index (χ4v) is 2.49. The highest BCUT2D eigenvalue weighted by Crippen LogP contribution is 2.29. The summed E-state index contributed by atoms with van der Waals surface area (Å²) >= 11 is 0. The molecule has 1 aliphatic heterocycles. The molecule has 128 valence electrons. The Morgan fingerprint density at radius 1 is 1.39 bits per heavy atom. The summed E-state index contributed by atoms with van der Waals surface area (Å²) in [5.74, 6) is 0.526. The third-order valence-corrected chi connectivity index (χ3v) is 3.52.